The summed E-state index contributed by atoms with van der Waals surface area (Å²) in [5.74, 6) is 0.273. The summed E-state index contributed by atoms with van der Waals surface area (Å²) >= 11 is 0. The summed E-state index contributed by atoms with van der Waals surface area (Å²) in [6.07, 6.45) is 2.26. The Kier molecular flexibility index (Phi) is 3.88. The zero-order chi connectivity index (χ0) is 13.2. The van der Waals surface area contributed by atoms with Crippen LogP contribution in [0.15, 0.2) is 0 Å². The van der Waals surface area contributed by atoms with E-state index in [1.165, 1.54) is 0 Å². The van der Waals surface area contributed by atoms with Gasteiger partial charge < -0.3 is 10.1 Å². The Labute approximate surface area is 108 Å². The second-order valence-corrected chi connectivity index (χ2v) is 5.55. The molecule has 0 radical (unpaired) electrons. The zero-order valence-corrected chi connectivity index (χ0v) is 11.1. The minimum Gasteiger partial charge on any atom is -0.376 e. The first-order valence-electron chi connectivity index (χ1n) is 6.60. The molecule has 1 saturated carbocycles. The standard InChI is InChI=1S/C13H21N3O2/c1-10-7-16(5-6-18-10)8-12(17)15-13(2,9-14)11-3-4-11/h10-11H,3-8H2,1-2H3,(H,15,17). The van der Waals surface area contributed by atoms with Crippen molar-refractivity contribution in [1.82, 2.24) is 10.2 Å². The van der Waals surface area contributed by atoms with Crippen molar-refractivity contribution >= 4 is 5.91 Å². The molecule has 0 aromatic carbocycles. The van der Waals surface area contributed by atoms with Crippen LogP contribution in [-0.4, -0.2) is 48.7 Å². The number of nitrogens with zero attached hydrogens (tertiary/aromatic N) is 2. The number of rotatable bonds is 4. The molecule has 2 unspecified atom stereocenters. The van der Waals surface area contributed by atoms with Crippen LogP contribution in [0.3, 0.4) is 0 Å². The van der Waals surface area contributed by atoms with Gasteiger partial charge in [0.15, 0.2) is 0 Å². The van der Waals surface area contributed by atoms with Gasteiger partial charge in [-0.3, -0.25) is 9.69 Å². The van der Waals surface area contributed by atoms with Gasteiger partial charge in [0.25, 0.3) is 0 Å². The number of morpholine rings is 1. The smallest absolute Gasteiger partial charge is 0.235 e. The molecule has 5 nitrogen and oxygen atoms in total. The van der Waals surface area contributed by atoms with E-state index in [4.69, 9.17) is 4.74 Å². The lowest BCUT2D eigenvalue weighted by Gasteiger charge is -2.31. The van der Waals surface area contributed by atoms with Gasteiger partial charge in [0.1, 0.15) is 5.54 Å². The summed E-state index contributed by atoms with van der Waals surface area (Å²) in [6.45, 7) is 6.42. The maximum absolute atomic E-state index is 12.0. The van der Waals surface area contributed by atoms with E-state index in [9.17, 15) is 10.1 Å². The van der Waals surface area contributed by atoms with Gasteiger partial charge in [0, 0.05) is 13.1 Å². The molecule has 100 valence electrons. The van der Waals surface area contributed by atoms with Crippen molar-refractivity contribution in [3.8, 4) is 6.07 Å². The summed E-state index contributed by atoms with van der Waals surface area (Å²) in [4.78, 5) is 14.1. The third-order valence-corrected chi connectivity index (χ3v) is 3.72. The Morgan fingerprint density at radius 2 is 2.33 bits per heavy atom. The summed E-state index contributed by atoms with van der Waals surface area (Å²) in [5, 5.41) is 12.1. The van der Waals surface area contributed by atoms with Crippen LogP contribution in [0, 0.1) is 17.2 Å². The highest BCUT2D eigenvalue weighted by atomic mass is 16.5. The molecule has 2 atom stereocenters. The first kappa shape index (κ1) is 13.3. The van der Waals surface area contributed by atoms with Gasteiger partial charge in [-0.2, -0.15) is 5.26 Å². The molecule has 0 spiro atoms. The van der Waals surface area contributed by atoms with Crippen molar-refractivity contribution in [1.29, 1.82) is 5.26 Å². The van der Waals surface area contributed by atoms with E-state index >= 15 is 0 Å². The topological polar surface area (TPSA) is 65.4 Å². The lowest BCUT2D eigenvalue weighted by atomic mass is 9.98. The van der Waals surface area contributed by atoms with Crippen LogP contribution >= 0.6 is 0 Å². The highest BCUT2D eigenvalue weighted by Crippen LogP contribution is 2.39. The summed E-state index contributed by atoms with van der Waals surface area (Å²) < 4.78 is 5.43. The minimum absolute atomic E-state index is 0.0555. The van der Waals surface area contributed by atoms with E-state index in [1.807, 2.05) is 13.8 Å². The number of nitriles is 1. The van der Waals surface area contributed by atoms with Crippen LogP contribution < -0.4 is 5.32 Å². The molecule has 1 N–H and O–H groups in total. The quantitative estimate of drug-likeness (QED) is 0.791. The average Bonchev–Trinajstić information content (AvgIpc) is 3.12. The first-order valence-corrected chi connectivity index (χ1v) is 6.60. The number of nitrogens with one attached hydrogen (secondary N) is 1. The summed E-state index contributed by atoms with van der Waals surface area (Å²) in [5.41, 5.74) is -0.686. The normalized spacial score (nSPS) is 28.2. The van der Waals surface area contributed by atoms with Crippen molar-refractivity contribution in [2.45, 2.75) is 38.3 Å². The van der Waals surface area contributed by atoms with Crippen LogP contribution in [0.5, 0.6) is 0 Å². The maximum Gasteiger partial charge on any atom is 0.235 e. The number of hydrogen-bond acceptors (Lipinski definition) is 4. The molecule has 1 aliphatic heterocycles. The second kappa shape index (κ2) is 5.25. The molecular formula is C13H21N3O2. The van der Waals surface area contributed by atoms with Crippen molar-refractivity contribution in [2.75, 3.05) is 26.2 Å². The Bertz CT molecular complexity index is 362. The third kappa shape index (κ3) is 3.21. The predicted octanol–water partition coefficient (Wildman–Crippen LogP) is 0.516. The van der Waals surface area contributed by atoms with Gasteiger partial charge in [-0.1, -0.05) is 0 Å². The number of hydrogen-bond donors (Lipinski definition) is 1. The highest BCUT2D eigenvalue weighted by molar-refractivity contribution is 5.79. The van der Waals surface area contributed by atoms with E-state index in [0.29, 0.717) is 19.1 Å². The molecule has 1 amide bonds. The predicted molar refractivity (Wildman–Crippen MR) is 66.7 cm³/mol. The Morgan fingerprint density at radius 3 is 2.89 bits per heavy atom. The molecule has 1 aliphatic carbocycles. The monoisotopic (exact) mass is 251 g/mol. The van der Waals surface area contributed by atoms with Crippen molar-refractivity contribution in [2.24, 2.45) is 5.92 Å². The molecule has 2 rings (SSSR count). The third-order valence-electron chi connectivity index (χ3n) is 3.72. The lowest BCUT2D eigenvalue weighted by molar-refractivity contribution is -0.125. The largest absolute Gasteiger partial charge is 0.376 e. The summed E-state index contributed by atoms with van der Waals surface area (Å²) in [7, 11) is 0. The summed E-state index contributed by atoms with van der Waals surface area (Å²) in [6, 6.07) is 2.24. The molecule has 2 aliphatic rings. The molecule has 0 aromatic heterocycles. The zero-order valence-electron chi connectivity index (χ0n) is 11.1. The fourth-order valence-corrected chi connectivity index (χ4v) is 2.45. The maximum atomic E-state index is 12.0. The van der Waals surface area contributed by atoms with Crippen LogP contribution in [0.2, 0.25) is 0 Å². The molecular weight excluding hydrogens is 230 g/mol. The molecule has 5 heteroatoms. The Morgan fingerprint density at radius 1 is 1.61 bits per heavy atom. The van der Waals surface area contributed by atoms with Gasteiger partial charge in [-0.15, -0.1) is 0 Å². The molecule has 0 aromatic rings. The number of ether oxygens (including phenoxy) is 1. The molecule has 1 saturated heterocycles. The fraction of sp³-hybridized carbons (Fsp3) is 0.846. The van der Waals surface area contributed by atoms with E-state index < -0.39 is 5.54 Å². The van der Waals surface area contributed by atoms with Gasteiger partial charge in [-0.25, -0.2) is 0 Å². The van der Waals surface area contributed by atoms with Crippen LogP contribution in [0.25, 0.3) is 0 Å². The van der Waals surface area contributed by atoms with E-state index in [0.717, 1.165) is 25.9 Å². The molecule has 1 heterocycles. The van der Waals surface area contributed by atoms with E-state index in [-0.39, 0.29) is 12.0 Å². The number of amides is 1. The van der Waals surface area contributed by atoms with Crippen LogP contribution in [0.4, 0.5) is 0 Å². The van der Waals surface area contributed by atoms with Gasteiger partial charge in [0.05, 0.1) is 25.3 Å². The first-order chi connectivity index (χ1) is 8.53. The van der Waals surface area contributed by atoms with Crippen molar-refractivity contribution < 1.29 is 9.53 Å². The van der Waals surface area contributed by atoms with Gasteiger partial charge in [-0.05, 0) is 32.6 Å². The average molecular weight is 251 g/mol. The van der Waals surface area contributed by atoms with E-state index in [2.05, 4.69) is 16.3 Å². The Balaban J connectivity index is 1.83. The SMILES string of the molecule is CC1CN(CC(=O)NC(C)(C#N)C2CC2)CCO1. The fourth-order valence-electron chi connectivity index (χ4n) is 2.45. The molecule has 0 bridgehead atoms. The molecule has 2 fully saturated rings. The van der Waals surface area contributed by atoms with Crippen molar-refractivity contribution in [3.05, 3.63) is 0 Å². The van der Waals surface area contributed by atoms with Crippen molar-refractivity contribution in [3.63, 3.8) is 0 Å². The second-order valence-electron chi connectivity index (χ2n) is 5.55. The minimum atomic E-state index is -0.686. The molecule has 18 heavy (non-hydrogen) atoms. The number of carbonyl (C=O) groups is 1. The van der Waals surface area contributed by atoms with E-state index in [1.54, 1.807) is 0 Å². The van der Waals surface area contributed by atoms with Crippen LogP contribution in [-0.2, 0) is 9.53 Å². The number of carbonyl (C=O) groups excluding carboxylic acids is 1. The lowest BCUT2D eigenvalue weighted by Crippen LogP contribution is -2.52. The highest BCUT2D eigenvalue weighted by Gasteiger charge is 2.43. The Hall–Kier alpha value is -1.12. The van der Waals surface area contributed by atoms with Crippen LogP contribution in [0.1, 0.15) is 26.7 Å². The van der Waals surface area contributed by atoms with Gasteiger partial charge >= 0.3 is 0 Å². The van der Waals surface area contributed by atoms with Gasteiger partial charge in [0.2, 0.25) is 5.91 Å².